The third-order valence-electron chi connectivity index (χ3n) is 3.79. The van der Waals surface area contributed by atoms with E-state index in [4.69, 9.17) is 4.74 Å². The lowest BCUT2D eigenvalue weighted by Crippen LogP contribution is -2.55. The summed E-state index contributed by atoms with van der Waals surface area (Å²) in [5.41, 5.74) is -0.583. The van der Waals surface area contributed by atoms with Crippen molar-refractivity contribution in [2.75, 3.05) is 25.2 Å². The number of hydrogen-bond acceptors (Lipinski definition) is 4. The molecular weight excluding hydrogens is 300 g/mol. The van der Waals surface area contributed by atoms with E-state index in [-0.39, 0.29) is 12.5 Å². The first-order valence-corrected chi connectivity index (χ1v) is 7.32. The zero-order valence-electron chi connectivity index (χ0n) is 13.2. The first-order chi connectivity index (χ1) is 10.9. The standard InChI is InChI=1S/C16H20N2O5/c1-16(10-23-2,15(21)22)17-14(20)11-5-3-6-12(9-11)18-8-4-7-13(18)19/h3,5-6,9H,4,7-8,10H2,1-2H3,(H,17,20)(H,21,22). The molecule has 1 aromatic rings. The minimum atomic E-state index is -1.52. The highest BCUT2D eigenvalue weighted by Gasteiger charge is 2.35. The monoisotopic (exact) mass is 320 g/mol. The van der Waals surface area contributed by atoms with Gasteiger partial charge in [-0.05, 0) is 31.5 Å². The van der Waals surface area contributed by atoms with E-state index >= 15 is 0 Å². The van der Waals surface area contributed by atoms with Crippen molar-refractivity contribution in [3.8, 4) is 0 Å². The molecule has 1 aliphatic heterocycles. The lowest BCUT2D eigenvalue weighted by Gasteiger charge is -2.25. The average molecular weight is 320 g/mol. The highest BCUT2D eigenvalue weighted by molar-refractivity contribution is 6.00. The molecule has 0 bridgehead atoms. The molecule has 2 amide bonds. The van der Waals surface area contributed by atoms with E-state index in [1.807, 2.05) is 0 Å². The number of methoxy groups -OCH3 is 1. The van der Waals surface area contributed by atoms with Gasteiger partial charge in [0.25, 0.3) is 5.91 Å². The van der Waals surface area contributed by atoms with E-state index in [0.717, 1.165) is 6.42 Å². The van der Waals surface area contributed by atoms with E-state index in [1.165, 1.54) is 14.0 Å². The number of rotatable bonds is 6. The third-order valence-corrected chi connectivity index (χ3v) is 3.79. The summed E-state index contributed by atoms with van der Waals surface area (Å²) in [6.07, 6.45) is 1.29. The van der Waals surface area contributed by atoms with Crippen LogP contribution in [0.3, 0.4) is 0 Å². The van der Waals surface area contributed by atoms with Crippen LogP contribution in [0.15, 0.2) is 24.3 Å². The molecule has 1 aliphatic rings. The molecule has 1 fully saturated rings. The Kier molecular flexibility index (Phi) is 5.00. The molecule has 1 unspecified atom stereocenters. The summed E-state index contributed by atoms with van der Waals surface area (Å²) >= 11 is 0. The van der Waals surface area contributed by atoms with Crippen LogP contribution < -0.4 is 10.2 Å². The molecular formula is C16H20N2O5. The molecule has 23 heavy (non-hydrogen) atoms. The van der Waals surface area contributed by atoms with Gasteiger partial charge in [0, 0.05) is 31.3 Å². The maximum Gasteiger partial charge on any atom is 0.331 e. The minimum Gasteiger partial charge on any atom is -0.479 e. The average Bonchev–Trinajstić information content (AvgIpc) is 2.93. The number of nitrogens with one attached hydrogen (secondary N) is 1. The quantitative estimate of drug-likeness (QED) is 0.816. The molecule has 0 aromatic heterocycles. The number of hydrogen-bond donors (Lipinski definition) is 2. The minimum absolute atomic E-state index is 0.0253. The number of carbonyl (C=O) groups is 3. The maximum atomic E-state index is 12.4. The fraction of sp³-hybridized carbons (Fsp3) is 0.438. The van der Waals surface area contributed by atoms with Crippen molar-refractivity contribution >= 4 is 23.5 Å². The summed E-state index contributed by atoms with van der Waals surface area (Å²) in [5, 5.41) is 11.7. The van der Waals surface area contributed by atoms with Crippen molar-refractivity contribution in [1.82, 2.24) is 5.32 Å². The van der Waals surface area contributed by atoms with Crippen molar-refractivity contribution in [3.05, 3.63) is 29.8 Å². The number of amides is 2. The third kappa shape index (κ3) is 3.68. The van der Waals surface area contributed by atoms with Gasteiger partial charge in [-0.25, -0.2) is 4.79 Å². The number of benzene rings is 1. The largest absolute Gasteiger partial charge is 0.479 e. The van der Waals surface area contributed by atoms with Crippen LogP contribution >= 0.6 is 0 Å². The molecule has 2 N–H and O–H groups in total. The fourth-order valence-electron chi connectivity index (χ4n) is 2.50. The Morgan fingerprint density at radius 1 is 1.43 bits per heavy atom. The topological polar surface area (TPSA) is 95.9 Å². The molecule has 0 spiro atoms. The van der Waals surface area contributed by atoms with Crippen LogP contribution in [0, 0.1) is 0 Å². The zero-order valence-corrected chi connectivity index (χ0v) is 13.2. The van der Waals surface area contributed by atoms with E-state index in [2.05, 4.69) is 5.32 Å². The SMILES string of the molecule is COCC(C)(NC(=O)c1cccc(N2CCCC2=O)c1)C(=O)O. The Morgan fingerprint density at radius 3 is 2.74 bits per heavy atom. The van der Waals surface area contributed by atoms with Crippen LogP contribution in [0.4, 0.5) is 5.69 Å². The highest BCUT2D eigenvalue weighted by atomic mass is 16.5. The highest BCUT2D eigenvalue weighted by Crippen LogP contribution is 2.22. The lowest BCUT2D eigenvalue weighted by molar-refractivity contribution is -0.145. The Bertz CT molecular complexity index is 631. The summed E-state index contributed by atoms with van der Waals surface area (Å²) in [5.74, 6) is -1.68. The molecule has 1 atom stereocenters. The Balaban J connectivity index is 2.19. The molecule has 1 saturated heterocycles. The Labute approximate surface area is 134 Å². The zero-order chi connectivity index (χ0) is 17.0. The second-order valence-electron chi connectivity index (χ2n) is 5.72. The fourth-order valence-corrected chi connectivity index (χ4v) is 2.50. The second kappa shape index (κ2) is 6.78. The molecule has 1 aromatic carbocycles. The summed E-state index contributed by atoms with van der Waals surface area (Å²) in [7, 11) is 1.37. The van der Waals surface area contributed by atoms with E-state index in [1.54, 1.807) is 29.2 Å². The number of carbonyl (C=O) groups excluding carboxylic acids is 2. The number of carboxylic acid groups (broad SMARTS) is 1. The van der Waals surface area contributed by atoms with Crippen molar-refractivity contribution in [3.63, 3.8) is 0 Å². The Morgan fingerprint density at radius 2 is 2.17 bits per heavy atom. The van der Waals surface area contributed by atoms with Crippen LogP contribution in [0.25, 0.3) is 0 Å². The summed E-state index contributed by atoms with van der Waals surface area (Å²) in [6, 6.07) is 6.60. The molecule has 1 heterocycles. The van der Waals surface area contributed by atoms with Gasteiger partial charge in [-0.15, -0.1) is 0 Å². The van der Waals surface area contributed by atoms with Crippen molar-refractivity contribution in [1.29, 1.82) is 0 Å². The van der Waals surface area contributed by atoms with Crippen LogP contribution in [0.1, 0.15) is 30.1 Å². The molecule has 124 valence electrons. The first kappa shape index (κ1) is 17.0. The van der Waals surface area contributed by atoms with Crippen LogP contribution in [-0.2, 0) is 14.3 Å². The molecule has 2 rings (SSSR count). The van der Waals surface area contributed by atoms with E-state index < -0.39 is 17.4 Å². The molecule has 0 radical (unpaired) electrons. The smallest absolute Gasteiger partial charge is 0.331 e. The summed E-state index contributed by atoms with van der Waals surface area (Å²) in [4.78, 5) is 37.1. The van der Waals surface area contributed by atoms with Gasteiger partial charge >= 0.3 is 5.97 Å². The predicted octanol–water partition coefficient (Wildman–Crippen LogP) is 1.03. The number of anilines is 1. The van der Waals surface area contributed by atoms with Crippen LogP contribution in [0.2, 0.25) is 0 Å². The molecule has 7 heteroatoms. The van der Waals surface area contributed by atoms with Crippen molar-refractivity contribution in [2.24, 2.45) is 0 Å². The summed E-state index contributed by atoms with van der Waals surface area (Å²) in [6.45, 7) is 1.85. The second-order valence-corrected chi connectivity index (χ2v) is 5.72. The molecule has 7 nitrogen and oxygen atoms in total. The molecule has 0 aliphatic carbocycles. The van der Waals surface area contributed by atoms with Gasteiger partial charge < -0.3 is 20.1 Å². The number of nitrogens with zero attached hydrogens (tertiary/aromatic N) is 1. The first-order valence-electron chi connectivity index (χ1n) is 7.32. The van der Waals surface area contributed by atoms with Gasteiger partial charge in [-0.2, -0.15) is 0 Å². The van der Waals surface area contributed by atoms with Gasteiger partial charge in [0.05, 0.1) is 6.61 Å². The molecule has 0 saturated carbocycles. The number of carboxylic acids is 1. The number of ether oxygens (including phenoxy) is 1. The van der Waals surface area contributed by atoms with E-state index in [9.17, 15) is 19.5 Å². The summed E-state index contributed by atoms with van der Waals surface area (Å²) < 4.78 is 4.88. The van der Waals surface area contributed by atoms with Crippen molar-refractivity contribution < 1.29 is 24.2 Å². The van der Waals surface area contributed by atoms with Crippen LogP contribution in [-0.4, -0.2) is 48.7 Å². The van der Waals surface area contributed by atoms with Gasteiger partial charge in [0.1, 0.15) is 0 Å². The Hall–Kier alpha value is -2.41. The van der Waals surface area contributed by atoms with Gasteiger partial charge in [0.2, 0.25) is 5.91 Å². The predicted molar refractivity (Wildman–Crippen MR) is 83.4 cm³/mol. The normalized spacial score (nSPS) is 17.0. The van der Waals surface area contributed by atoms with Crippen LogP contribution in [0.5, 0.6) is 0 Å². The van der Waals surface area contributed by atoms with Gasteiger partial charge in [-0.3, -0.25) is 9.59 Å². The van der Waals surface area contributed by atoms with Crippen molar-refractivity contribution in [2.45, 2.75) is 25.3 Å². The lowest BCUT2D eigenvalue weighted by atomic mass is 10.0. The maximum absolute atomic E-state index is 12.4. The van der Waals surface area contributed by atoms with Gasteiger partial charge in [0.15, 0.2) is 5.54 Å². The number of aliphatic carboxylic acids is 1. The van der Waals surface area contributed by atoms with Gasteiger partial charge in [-0.1, -0.05) is 6.07 Å². The van der Waals surface area contributed by atoms with E-state index in [0.29, 0.717) is 24.2 Å².